The van der Waals surface area contributed by atoms with Crippen molar-refractivity contribution < 1.29 is 175 Å². The van der Waals surface area contributed by atoms with E-state index in [1.54, 1.807) is 6.92 Å². The van der Waals surface area contributed by atoms with E-state index in [9.17, 15) is 4.79 Å². The summed E-state index contributed by atoms with van der Waals surface area (Å²) < 4.78 is 9.99. The van der Waals surface area contributed by atoms with Crippen LogP contribution in [0.2, 0.25) is 0 Å². The van der Waals surface area contributed by atoms with E-state index in [0.29, 0.717) is 5.76 Å². The maximum atomic E-state index is 10.2. The maximum absolute atomic E-state index is 10.2. The molecule has 0 aromatic carbocycles. The molecule has 0 aromatic rings. The molecule has 0 fully saturated rings. The zero-order valence-electron chi connectivity index (χ0n) is 10.5. The molecule has 11 heteroatoms. The number of nitrogens with zero attached hydrogens (tertiary/aromatic N) is 1. The van der Waals surface area contributed by atoms with Gasteiger partial charge in [0.1, 0.15) is 0 Å². The van der Waals surface area contributed by atoms with Crippen LogP contribution in [0.5, 0.6) is 0 Å². The fourth-order valence-electron chi connectivity index (χ4n) is 0.893. The quantitative estimate of drug-likeness (QED) is 0.239. The molecule has 0 aliphatic heterocycles. The predicted octanol–water partition coefficient (Wildman–Crippen LogP) is 1.51. The van der Waals surface area contributed by atoms with Gasteiger partial charge in [-0.1, -0.05) is 0 Å². The first kappa shape index (κ1) is 44.0. The van der Waals surface area contributed by atoms with Crippen LogP contribution in [0.4, 0.5) is 0 Å². The van der Waals surface area contributed by atoms with E-state index in [1.807, 2.05) is 13.8 Å². The van der Waals surface area contributed by atoms with Crippen LogP contribution in [-0.4, -0.2) is 10.4 Å². The minimum Gasteiger partial charge on any atom is 0 e. The summed E-state index contributed by atoms with van der Waals surface area (Å²) in [5.74, 6) is 0.412. The standard InChI is InChI=1S/C9H9NO2.8W/c1-4-8(7(3)10)9(5-2)12-6-11;;;;;;;;/h1-3H3;;;;;;;;/q-2;;;;;;;;. The number of rotatable bonds is 5. The number of ether oxygens (including phenoxy) is 1. The molecule has 0 N–H and O–H groups in total. The molecule has 0 heterocycles. The number of carbonyl (C=O) groups excluding carboxylic acids is 1. The normalized spacial score (nSPS) is 9.05. The molecule has 0 amide bonds. The molecule has 0 aromatic heterocycles. The van der Waals surface area contributed by atoms with E-state index < -0.39 is 0 Å². The Balaban J connectivity index is -0.0000000563. The van der Waals surface area contributed by atoms with Crippen molar-refractivity contribution in [2.45, 2.75) is 20.8 Å². The summed E-state index contributed by atoms with van der Waals surface area (Å²) in [4.78, 5) is 10.2. The second-order valence-electron chi connectivity index (χ2n) is 2.37. The average molecular weight is 1630 g/mol. The number of allylic oxidation sites excluding steroid dienone is 3. The third kappa shape index (κ3) is 18.5. The number of hydrogen-bond donors (Lipinski definition) is 0. The molecular weight excluding hydrogens is 1620 g/mol. The topological polar surface area (TPSA) is 38.7 Å². The van der Waals surface area contributed by atoms with E-state index >= 15 is 0 Å². The molecule has 0 rings (SSSR count). The van der Waals surface area contributed by atoms with Crippen molar-refractivity contribution in [3.63, 3.8) is 0 Å². The number of hydrogen-bond acceptors (Lipinski definition) is 3. The van der Waals surface area contributed by atoms with Gasteiger partial charge in [0.05, 0.1) is 0 Å². The van der Waals surface area contributed by atoms with E-state index in [-0.39, 0.29) is 126 Å². The first-order valence-electron chi connectivity index (χ1n) is 3.72. The predicted molar refractivity (Wildman–Crippen MR) is 45.0 cm³/mol. The van der Waals surface area contributed by atoms with Crippen LogP contribution in [0.3, 0.4) is 0 Å². The fraction of sp³-hybridized carbons (Fsp3) is 0.333. The second kappa shape index (κ2) is 28.0. The second-order valence-corrected chi connectivity index (χ2v) is 5.23. The van der Waals surface area contributed by atoms with Gasteiger partial charge in [0.2, 0.25) is 0 Å². The van der Waals surface area contributed by atoms with Crippen LogP contribution < -0.4 is 0 Å². The van der Waals surface area contributed by atoms with Gasteiger partial charge >= 0.3 is 106 Å². The summed E-state index contributed by atoms with van der Waals surface area (Å²) >= 11 is 2.44. The largest absolute Gasteiger partial charge is 0 e. The van der Waals surface area contributed by atoms with Gasteiger partial charge in [-0.15, -0.1) is 0 Å². The summed E-state index contributed by atoms with van der Waals surface area (Å²) in [5.41, 5.74) is 1.73. The third-order valence-electron chi connectivity index (χ3n) is 1.45. The Bertz CT molecular complexity index is 330. The summed E-state index contributed by atoms with van der Waals surface area (Å²) in [5, 5.41) is 0. The van der Waals surface area contributed by atoms with Gasteiger partial charge in [0, 0.05) is 126 Å². The van der Waals surface area contributed by atoms with E-state index in [0.717, 1.165) is 34.8 Å². The zero-order valence-corrected chi connectivity index (χ0v) is 34.0. The molecule has 0 saturated heterocycles. The monoisotopic (exact) mass is 1630 g/mol. The first-order chi connectivity index (χ1) is 6.58. The molecule has 0 saturated carbocycles. The van der Waals surface area contributed by atoms with Crippen LogP contribution in [0, 0.1) is 6.08 Å². The van der Waals surface area contributed by atoms with Crippen LogP contribution >= 0.6 is 0 Å². The summed E-state index contributed by atoms with van der Waals surface area (Å²) in [6.45, 7) is 6.97. The van der Waals surface area contributed by atoms with Gasteiger partial charge in [-0.05, 0) is 0 Å². The van der Waals surface area contributed by atoms with Crippen LogP contribution in [0.15, 0.2) is 20.5 Å². The van der Waals surface area contributed by atoms with Crippen LogP contribution in [-0.2, 0) is 175 Å². The maximum Gasteiger partial charge on any atom is 0 e. The molecule has 0 bridgehead atoms. The van der Waals surface area contributed by atoms with Gasteiger partial charge in [0.15, 0.2) is 0 Å². The van der Waals surface area contributed by atoms with E-state index in [4.69, 9.17) is 4.74 Å². The molecule has 0 radical (unpaired) electrons. The molecule has 0 aliphatic rings. The van der Waals surface area contributed by atoms with Crippen molar-refractivity contribution in [3.05, 3.63) is 23.1 Å². The van der Waals surface area contributed by atoms with Gasteiger partial charge in [-0.3, -0.25) is 0 Å². The minimum absolute atomic E-state index is 0. The average Bonchev–Trinajstić information content (AvgIpc) is 2.16. The van der Waals surface area contributed by atoms with Gasteiger partial charge in [-0.25, -0.2) is 0 Å². The molecule has 0 unspecified atom stereocenters. The Hall–Kier alpha value is 4.13. The minimum atomic E-state index is 0. The summed E-state index contributed by atoms with van der Waals surface area (Å²) in [7, 11) is 0. The molecule has 0 spiro atoms. The van der Waals surface area contributed by atoms with E-state index in [1.165, 1.54) is 25.8 Å². The van der Waals surface area contributed by atoms with Gasteiger partial charge in [-0.2, -0.15) is 0 Å². The Morgan fingerprint density at radius 3 is 1.65 bits per heavy atom. The van der Waals surface area contributed by atoms with Gasteiger partial charge in [0.25, 0.3) is 0 Å². The Morgan fingerprint density at radius 1 is 1.05 bits per heavy atom. The Morgan fingerprint density at radius 2 is 1.45 bits per heavy atom. The molecule has 0 aliphatic carbocycles. The Kier molecular flexibility index (Phi) is 61.5. The van der Waals surface area contributed by atoms with Crippen molar-refractivity contribution in [2.24, 2.45) is 3.50 Å². The molecule has 3 nitrogen and oxygen atoms in total. The van der Waals surface area contributed by atoms with Crippen molar-refractivity contribution >= 4 is 10.4 Å². The van der Waals surface area contributed by atoms with Crippen molar-refractivity contribution in [1.82, 2.24) is 0 Å². The Labute approximate surface area is 228 Å². The van der Waals surface area contributed by atoms with E-state index in [2.05, 4.69) is 9.57 Å². The smallest absolute Gasteiger partial charge is 0 e. The van der Waals surface area contributed by atoms with Crippen LogP contribution in [0.1, 0.15) is 20.8 Å². The SMILES string of the molecule is C[C-]=C(O[C-]=O)C([C](C)=[W])=C(C)[N]=[W].[W].[W].[W].[W].[W].[W]. The van der Waals surface area contributed by atoms with Crippen molar-refractivity contribution in [1.29, 1.82) is 0 Å². The molecule has 0 atom stereocenters. The molecule has 112 valence electrons. The van der Waals surface area contributed by atoms with Gasteiger partial charge < -0.3 is 0 Å². The summed E-state index contributed by atoms with van der Waals surface area (Å²) in [6.07, 6.45) is 2.82. The van der Waals surface area contributed by atoms with Crippen LogP contribution in [0.25, 0.3) is 0 Å². The zero-order chi connectivity index (χ0) is 11.1. The third-order valence-corrected chi connectivity index (χ3v) is 3.17. The molecular formula is C9H9NO2W8-2. The molecule has 20 heavy (non-hydrogen) atoms. The fourth-order valence-corrected chi connectivity index (χ4v) is 2.08. The van der Waals surface area contributed by atoms with Crippen molar-refractivity contribution in [3.8, 4) is 0 Å². The van der Waals surface area contributed by atoms with Crippen molar-refractivity contribution in [2.75, 3.05) is 0 Å². The first-order valence-corrected chi connectivity index (χ1v) is 6.50. The summed E-state index contributed by atoms with van der Waals surface area (Å²) in [6, 6.07) is 0.